The third-order valence-electron chi connectivity index (χ3n) is 1.86. The lowest BCUT2D eigenvalue weighted by Gasteiger charge is -2.12. The predicted molar refractivity (Wildman–Crippen MR) is 62.3 cm³/mol. The number of nitrogens with zero attached hydrogens (tertiary/aromatic N) is 2. The van der Waals surface area contributed by atoms with Gasteiger partial charge < -0.3 is 15.8 Å². The fourth-order valence-electron chi connectivity index (χ4n) is 0.929. The minimum Gasteiger partial charge on any atom is -0.396 e. The molecule has 15 heavy (non-hydrogen) atoms. The van der Waals surface area contributed by atoms with Crippen molar-refractivity contribution in [2.75, 3.05) is 23.9 Å². The number of nitrogens with two attached hydrogens (primary N) is 1. The molecule has 84 valence electrons. The molecule has 0 aliphatic carbocycles. The molecular formula is C8H14BrN5O. The number of aliphatic hydroxyl groups is 1. The standard InChI is InChI=1S/C8H14BrN5O/c1-5(3-15)2-11-7-6(9)8(14-10)13-4-12-7/h4-5,15H,2-3,10H2,1H3,(H2,11,12,13,14). The second-order valence-corrected chi connectivity index (χ2v) is 3.99. The molecule has 7 heteroatoms. The number of hydrazine groups is 1. The number of nitrogen functional groups attached to an aromatic ring is 1. The van der Waals surface area contributed by atoms with Crippen LogP contribution >= 0.6 is 15.9 Å². The van der Waals surface area contributed by atoms with Gasteiger partial charge in [0.15, 0.2) is 5.82 Å². The lowest BCUT2D eigenvalue weighted by molar-refractivity contribution is 0.244. The van der Waals surface area contributed by atoms with Crippen molar-refractivity contribution in [2.24, 2.45) is 11.8 Å². The van der Waals surface area contributed by atoms with Crippen LogP contribution in [0.25, 0.3) is 0 Å². The van der Waals surface area contributed by atoms with Gasteiger partial charge in [-0.1, -0.05) is 6.92 Å². The molecule has 0 saturated carbocycles. The van der Waals surface area contributed by atoms with E-state index in [0.29, 0.717) is 22.7 Å². The molecule has 5 N–H and O–H groups in total. The monoisotopic (exact) mass is 275 g/mol. The lowest BCUT2D eigenvalue weighted by atomic mass is 10.2. The summed E-state index contributed by atoms with van der Waals surface area (Å²) < 4.78 is 0.678. The normalized spacial score (nSPS) is 12.3. The first-order valence-electron chi connectivity index (χ1n) is 4.50. The molecule has 0 radical (unpaired) electrons. The van der Waals surface area contributed by atoms with Crippen LogP contribution < -0.4 is 16.6 Å². The van der Waals surface area contributed by atoms with Gasteiger partial charge in [0.1, 0.15) is 16.6 Å². The Balaban J connectivity index is 2.68. The Bertz CT molecular complexity index is 322. The van der Waals surface area contributed by atoms with Gasteiger partial charge in [-0.3, -0.25) is 0 Å². The molecule has 0 aliphatic heterocycles. The SMILES string of the molecule is CC(CO)CNc1ncnc(NN)c1Br. The van der Waals surface area contributed by atoms with Gasteiger partial charge in [-0.2, -0.15) is 0 Å². The van der Waals surface area contributed by atoms with Crippen LogP contribution in [0.3, 0.4) is 0 Å². The van der Waals surface area contributed by atoms with Crippen LogP contribution in [-0.4, -0.2) is 28.2 Å². The van der Waals surface area contributed by atoms with Gasteiger partial charge in [0, 0.05) is 13.2 Å². The van der Waals surface area contributed by atoms with E-state index in [4.69, 9.17) is 10.9 Å². The number of anilines is 2. The highest BCUT2D eigenvalue weighted by atomic mass is 79.9. The maximum atomic E-state index is 8.87. The summed E-state index contributed by atoms with van der Waals surface area (Å²) in [5.41, 5.74) is 2.45. The van der Waals surface area contributed by atoms with Crippen molar-refractivity contribution in [3.05, 3.63) is 10.8 Å². The number of hydrogen-bond donors (Lipinski definition) is 4. The molecule has 0 aliphatic rings. The van der Waals surface area contributed by atoms with E-state index in [0.717, 1.165) is 0 Å². The summed E-state index contributed by atoms with van der Waals surface area (Å²) in [5, 5.41) is 12.0. The number of hydrogen-bond acceptors (Lipinski definition) is 6. The summed E-state index contributed by atoms with van der Waals surface area (Å²) in [6, 6.07) is 0. The largest absolute Gasteiger partial charge is 0.396 e. The summed E-state index contributed by atoms with van der Waals surface area (Å²) in [6.07, 6.45) is 1.41. The van der Waals surface area contributed by atoms with Gasteiger partial charge in [-0.15, -0.1) is 0 Å². The maximum absolute atomic E-state index is 8.87. The summed E-state index contributed by atoms with van der Waals surface area (Å²) in [6.45, 7) is 2.71. The Kier molecular flexibility index (Phi) is 4.73. The molecule has 0 amide bonds. The van der Waals surface area contributed by atoms with Gasteiger partial charge >= 0.3 is 0 Å². The van der Waals surface area contributed by atoms with Gasteiger partial charge in [-0.05, 0) is 21.8 Å². The number of nitrogens with one attached hydrogen (secondary N) is 2. The number of rotatable bonds is 5. The van der Waals surface area contributed by atoms with Gasteiger partial charge in [0.05, 0.1) is 0 Å². The fraction of sp³-hybridized carbons (Fsp3) is 0.500. The summed E-state index contributed by atoms with van der Waals surface area (Å²) >= 11 is 3.32. The van der Waals surface area contributed by atoms with Crippen LogP contribution in [0.4, 0.5) is 11.6 Å². The third-order valence-corrected chi connectivity index (χ3v) is 2.61. The molecule has 1 heterocycles. The van der Waals surface area contributed by atoms with E-state index >= 15 is 0 Å². The van der Waals surface area contributed by atoms with E-state index in [1.807, 2.05) is 6.92 Å². The average Bonchev–Trinajstić information content (AvgIpc) is 2.27. The smallest absolute Gasteiger partial charge is 0.159 e. The lowest BCUT2D eigenvalue weighted by Crippen LogP contribution is -2.16. The van der Waals surface area contributed by atoms with Crippen molar-refractivity contribution in [1.29, 1.82) is 0 Å². The first-order valence-corrected chi connectivity index (χ1v) is 5.30. The van der Waals surface area contributed by atoms with Crippen molar-refractivity contribution < 1.29 is 5.11 Å². The molecule has 0 aromatic carbocycles. The predicted octanol–water partition coefficient (Wildman–Crippen LogP) is 0.565. The zero-order chi connectivity index (χ0) is 11.3. The zero-order valence-corrected chi connectivity index (χ0v) is 9.95. The second kappa shape index (κ2) is 5.84. The van der Waals surface area contributed by atoms with E-state index in [2.05, 4.69) is 36.6 Å². The van der Waals surface area contributed by atoms with Crippen LogP contribution in [0.5, 0.6) is 0 Å². The van der Waals surface area contributed by atoms with E-state index in [-0.39, 0.29) is 12.5 Å². The molecule has 0 bridgehead atoms. The van der Waals surface area contributed by atoms with E-state index in [1.54, 1.807) is 0 Å². The van der Waals surface area contributed by atoms with Crippen molar-refractivity contribution in [3.8, 4) is 0 Å². The first-order chi connectivity index (χ1) is 7.19. The zero-order valence-electron chi connectivity index (χ0n) is 8.37. The highest BCUT2D eigenvalue weighted by molar-refractivity contribution is 9.10. The number of aromatic nitrogens is 2. The van der Waals surface area contributed by atoms with Crippen LogP contribution in [0, 0.1) is 5.92 Å². The average molecular weight is 276 g/mol. The molecule has 1 rings (SSSR count). The van der Waals surface area contributed by atoms with Crippen molar-refractivity contribution in [3.63, 3.8) is 0 Å². The molecule has 0 saturated heterocycles. The van der Waals surface area contributed by atoms with Crippen molar-refractivity contribution in [1.82, 2.24) is 9.97 Å². The molecule has 0 spiro atoms. The topological polar surface area (TPSA) is 96.1 Å². The summed E-state index contributed by atoms with van der Waals surface area (Å²) in [4.78, 5) is 7.97. The highest BCUT2D eigenvalue weighted by Gasteiger charge is 2.08. The molecule has 1 aromatic heterocycles. The van der Waals surface area contributed by atoms with Crippen LogP contribution in [-0.2, 0) is 0 Å². The van der Waals surface area contributed by atoms with Crippen molar-refractivity contribution in [2.45, 2.75) is 6.92 Å². The Morgan fingerprint density at radius 3 is 2.80 bits per heavy atom. The Labute approximate surface area is 96.4 Å². The van der Waals surface area contributed by atoms with E-state index < -0.39 is 0 Å². The Hall–Kier alpha value is -0.920. The van der Waals surface area contributed by atoms with E-state index in [1.165, 1.54) is 6.33 Å². The van der Waals surface area contributed by atoms with Crippen molar-refractivity contribution >= 4 is 27.6 Å². The maximum Gasteiger partial charge on any atom is 0.159 e. The van der Waals surface area contributed by atoms with Gasteiger partial charge in [0.25, 0.3) is 0 Å². The molecule has 1 atom stereocenters. The minimum atomic E-state index is 0.137. The molecule has 6 nitrogen and oxygen atoms in total. The minimum absolute atomic E-state index is 0.137. The molecular weight excluding hydrogens is 262 g/mol. The first kappa shape index (κ1) is 12.2. The molecule has 1 aromatic rings. The second-order valence-electron chi connectivity index (χ2n) is 3.20. The highest BCUT2D eigenvalue weighted by Crippen LogP contribution is 2.25. The third kappa shape index (κ3) is 3.29. The summed E-state index contributed by atoms with van der Waals surface area (Å²) in [5.74, 6) is 6.60. The van der Waals surface area contributed by atoms with Gasteiger partial charge in [-0.25, -0.2) is 15.8 Å². The molecule has 0 fully saturated rings. The van der Waals surface area contributed by atoms with Crippen LogP contribution in [0.2, 0.25) is 0 Å². The number of halogens is 1. The quantitative estimate of drug-likeness (QED) is 0.463. The van der Waals surface area contributed by atoms with Crippen LogP contribution in [0.15, 0.2) is 10.8 Å². The molecule has 1 unspecified atom stereocenters. The fourth-order valence-corrected chi connectivity index (χ4v) is 1.39. The van der Waals surface area contributed by atoms with Gasteiger partial charge in [0.2, 0.25) is 0 Å². The summed E-state index contributed by atoms with van der Waals surface area (Å²) in [7, 11) is 0. The van der Waals surface area contributed by atoms with E-state index in [9.17, 15) is 0 Å². The number of aliphatic hydroxyl groups excluding tert-OH is 1. The Morgan fingerprint density at radius 1 is 1.53 bits per heavy atom. The van der Waals surface area contributed by atoms with Crippen LogP contribution in [0.1, 0.15) is 6.92 Å². The Morgan fingerprint density at radius 2 is 2.20 bits per heavy atom.